The Hall–Kier alpha value is -1.07. The topological polar surface area (TPSA) is 21.8 Å². The number of hydrogen-bond acceptors (Lipinski definition) is 2. The van der Waals surface area contributed by atoms with Crippen LogP contribution >= 0.6 is 0 Å². The quantitative estimate of drug-likeness (QED) is 0.762. The van der Waals surface area contributed by atoms with E-state index in [1.807, 2.05) is 0 Å². The van der Waals surface area contributed by atoms with E-state index in [0.29, 0.717) is 12.2 Å². The molecule has 0 amide bonds. The van der Waals surface area contributed by atoms with Gasteiger partial charge < -0.3 is 9.47 Å². The first-order valence-corrected chi connectivity index (χ1v) is 5.34. The maximum Gasteiger partial charge on any atom is 0.418 e. The number of halogens is 3. The van der Waals surface area contributed by atoms with Crippen LogP contribution in [0.5, 0.6) is 0 Å². The maximum absolute atomic E-state index is 12.9. The van der Waals surface area contributed by atoms with Gasteiger partial charge in [0.05, 0.1) is 13.2 Å². The van der Waals surface area contributed by atoms with Crippen molar-refractivity contribution in [2.45, 2.75) is 25.3 Å². The zero-order valence-corrected chi connectivity index (χ0v) is 9.33. The number of alkyl halides is 3. The van der Waals surface area contributed by atoms with Gasteiger partial charge in [-0.2, -0.15) is 13.2 Å². The molecule has 0 unspecified atom stereocenters. The summed E-state index contributed by atoms with van der Waals surface area (Å²) in [7, 11) is 0. The van der Waals surface area contributed by atoms with Crippen LogP contribution in [0.1, 0.15) is 17.2 Å². The Balaban J connectivity index is 2.16. The van der Waals surface area contributed by atoms with Crippen LogP contribution in [-0.2, 0) is 9.47 Å². The summed E-state index contributed by atoms with van der Waals surface area (Å²) in [5.41, 5.74) is 0.743. The summed E-state index contributed by atoms with van der Waals surface area (Å²) in [6, 6.07) is 6.38. The minimum atomic E-state index is -4.40. The van der Waals surface area contributed by atoms with E-state index in [4.69, 9.17) is 9.47 Å². The normalized spacial score (nSPS) is 21.3. The fourth-order valence-electron chi connectivity index (χ4n) is 1.61. The van der Waals surface area contributed by atoms with Gasteiger partial charge in [0.2, 0.25) is 0 Å². The molecule has 2 rings (SSSR count). The third-order valence-electron chi connectivity index (χ3n) is 2.62. The van der Waals surface area contributed by atoms with Gasteiger partial charge in [0.15, 0.2) is 6.10 Å². The van der Waals surface area contributed by atoms with Gasteiger partial charge >= 0.3 is 6.18 Å². The lowest BCUT2D eigenvalue weighted by molar-refractivity contribution is -0.224. The highest BCUT2D eigenvalue weighted by atomic mass is 19.4. The number of ether oxygens (including phenoxy) is 2. The molecule has 1 aromatic rings. The molecule has 0 aliphatic carbocycles. The molecule has 0 bridgehead atoms. The van der Waals surface area contributed by atoms with Gasteiger partial charge in [0.25, 0.3) is 0 Å². The summed E-state index contributed by atoms with van der Waals surface area (Å²) in [5.74, 6) is 0. The second-order valence-electron chi connectivity index (χ2n) is 4.07. The molecule has 1 fully saturated rings. The smallest absolute Gasteiger partial charge is 0.371 e. The third kappa shape index (κ3) is 3.20. The van der Waals surface area contributed by atoms with E-state index >= 15 is 0 Å². The van der Waals surface area contributed by atoms with E-state index in [9.17, 15) is 13.2 Å². The zero-order valence-electron chi connectivity index (χ0n) is 9.33. The molecule has 2 atom stereocenters. The monoisotopic (exact) mass is 246 g/mol. The van der Waals surface area contributed by atoms with E-state index in [2.05, 4.69) is 0 Å². The van der Waals surface area contributed by atoms with Gasteiger partial charge in [0, 0.05) is 0 Å². The Labute approximate surface area is 97.3 Å². The van der Waals surface area contributed by atoms with Gasteiger partial charge in [-0.3, -0.25) is 0 Å². The predicted molar refractivity (Wildman–Crippen MR) is 55.7 cm³/mol. The maximum atomic E-state index is 12.9. The second kappa shape index (κ2) is 4.66. The summed E-state index contributed by atoms with van der Waals surface area (Å²) in [6.45, 7) is 2.11. The minimum Gasteiger partial charge on any atom is -0.371 e. The molecule has 0 N–H and O–H groups in total. The molecule has 5 heteroatoms. The summed E-state index contributed by atoms with van der Waals surface area (Å²) in [5, 5.41) is 0. The molecule has 1 aliphatic rings. The van der Waals surface area contributed by atoms with Crippen LogP contribution in [0.4, 0.5) is 13.2 Å². The molecule has 0 radical (unpaired) electrons. The Morgan fingerprint density at radius 2 is 2.06 bits per heavy atom. The van der Waals surface area contributed by atoms with E-state index < -0.39 is 12.3 Å². The Morgan fingerprint density at radius 1 is 1.41 bits per heavy atom. The largest absolute Gasteiger partial charge is 0.418 e. The molecule has 0 spiro atoms. The van der Waals surface area contributed by atoms with Crippen LogP contribution in [-0.4, -0.2) is 25.5 Å². The summed E-state index contributed by atoms with van der Waals surface area (Å²) in [6.07, 6.45) is -6.45. The van der Waals surface area contributed by atoms with Crippen molar-refractivity contribution in [1.82, 2.24) is 0 Å². The highest BCUT2D eigenvalue weighted by molar-refractivity contribution is 5.28. The van der Waals surface area contributed by atoms with Crippen LogP contribution in [0.2, 0.25) is 0 Å². The van der Waals surface area contributed by atoms with Crippen LogP contribution in [0, 0.1) is 6.92 Å². The van der Waals surface area contributed by atoms with Crippen molar-refractivity contribution in [3.63, 3.8) is 0 Å². The third-order valence-corrected chi connectivity index (χ3v) is 2.62. The predicted octanol–water partition coefficient (Wildman–Crippen LogP) is 3.01. The molecule has 2 nitrogen and oxygen atoms in total. The van der Waals surface area contributed by atoms with Crippen LogP contribution in [0.3, 0.4) is 0 Å². The first kappa shape index (κ1) is 12.4. The molecular weight excluding hydrogens is 233 g/mol. The van der Waals surface area contributed by atoms with E-state index in [-0.39, 0.29) is 18.3 Å². The summed E-state index contributed by atoms with van der Waals surface area (Å²) in [4.78, 5) is 0. The average Bonchev–Trinajstić information content (AvgIpc) is 3.03. The van der Waals surface area contributed by atoms with E-state index in [1.54, 1.807) is 25.1 Å². The lowest BCUT2D eigenvalue weighted by Crippen LogP contribution is -2.25. The van der Waals surface area contributed by atoms with Gasteiger partial charge in [-0.1, -0.05) is 24.3 Å². The molecule has 1 aromatic carbocycles. The SMILES string of the molecule is Cc1ccccc1[C@@H](OC[C@@H]1CO1)C(F)(F)F. The fourth-order valence-corrected chi connectivity index (χ4v) is 1.61. The molecule has 0 saturated carbocycles. The van der Waals surface area contributed by atoms with Crippen molar-refractivity contribution in [2.24, 2.45) is 0 Å². The Morgan fingerprint density at radius 3 is 2.59 bits per heavy atom. The number of hydrogen-bond donors (Lipinski definition) is 0. The van der Waals surface area contributed by atoms with Crippen molar-refractivity contribution < 1.29 is 22.6 Å². The number of aryl methyl sites for hydroxylation is 1. The number of rotatable bonds is 4. The zero-order chi connectivity index (χ0) is 12.5. The molecule has 0 aromatic heterocycles. The van der Waals surface area contributed by atoms with Crippen molar-refractivity contribution in [2.75, 3.05) is 13.2 Å². The molecule has 1 aliphatic heterocycles. The van der Waals surface area contributed by atoms with Crippen LogP contribution in [0.25, 0.3) is 0 Å². The lowest BCUT2D eigenvalue weighted by Gasteiger charge is -2.22. The van der Waals surface area contributed by atoms with Crippen LogP contribution in [0.15, 0.2) is 24.3 Å². The number of benzene rings is 1. The van der Waals surface area contributed by atoms with E-state index in [0.717, 1.165) is 0 Å². The first-order valence-electron chi connectivity index (χ1n) is 5.34. The van der Waals surface area contributed by atoms with Gasteiger partial charge in [-0.25, -0.2) is 0 Å². The van der Waals surface area contributed by atoms with Crippen molar-refractivity contribution >= 4 is 0 Å². The number of epoxide rings is 1. The summed E-state index contributed by atoms with van der Waals surface area (Å²) >= 11 is 0. The van der Waals surface area contributed by atoms with Crippen molar-refractivity contribution in [3.05, 3.63) is 35.4 Å². The first-order chi connectivity index (χ1) is 7.98. The molecule has 1 saturated heterocycles. The lowest BCUT2D eigenvalue weighted by atomic mass is 10.0. The minimum absolute atomic E-state index is 0.0154. The van der Waals surface area contributed by atoms with Crippen molar-refractivity contribution in [3.8, 4) is 0 Å². The van der Waals surface area contributed by atoms with Gasteiger partial charge in [-0.15, -0.1) is 0 Å². The Kier molecular flexibility index (Phi) is 3.40. The highest BCUT2D eigenvalue weighted by Crippen LogP contribution is 2.37. The molecular formula is C12H13F3O2. The van der Waals surface area contributed by atoms with Gasteiger partial charge in [-0.05, 0) is 18.1 Å². The Bertz CT molecular complexity index is 386. The standard InChI is InChI=1S/C12H13F3O2/c1-8-4-2-3-5-10(8)11(12(13,14)15)17-7-9-6-16-9/h2-5,9,11H,6-7H2,1H3/t9-,11+/m0/s1. The second-order valence-corrected chi connectivity index (χ2v) is 4.07. The fraction of sp³-hybridized carbons (Fsp3) is 0.500. The molecule has 17 heavy (non-hydrogen) atoms. The average molecular weight is 246 g/mol. The molecule has 1 heterocycles. The van der Waals surface area contributed by atoms with Crippen LogP contribution < -0.4 is 0 Å². The van der Waals surface area contributed by atoms with Gasteiger partial charge in [0.1, 0.15) is 6.10 Å². The highest BCUT2D eigenvalue weighted by Gasteiger charge is 2.43. The van der Waals surface area contributed by atoms with E-state index in [1.165, 1.54) is 6.07 Å². The van der Waals surface area contributed by atoms with Crippen molar-refractivity contribution in [1.29, 1.82) is 0 Å². The summed E-state index contributed by atoms with van der Waals surface area (Å²) < 4.78 is 48.5. The molecule has 94 valence electrons.